The van der Waals surface area contributed by atoms with Crippen LogP contribution in [-0.4, -0.2) is 73.7 Å². The first-order chi connectivity index (χ1) is 21.4. The molecule has 1 aliphatic rings. The van der Waals surface area contributed by atoms with Gasteiger partial charge < -0.3 is 19.4 Å². The first-order valence-electron chi connectivity index (χ1n) is 15.0. The van der Waals surface area contributed by atoms with Crippen LogP contribution in [0.5, 0.6) is 0 Å². The molecule has 0 spiro atoms. The molecule has 1 saturated heterocycles. The van der Waals surface area contributed by atoms with E-state index in [1.54, 1.807) is 43.5 Å². The van der Waals surface area contributed by atoms with E-state index in [1.165, 1.54) is 37.3 Å². The highest BCUT2D eigenvalue weighted by atomic mass is 32.1. The van der Waals surface area contributed by atoms with E-state index in [9.17, 15) is 18.0 Å². The molecule has 10 heteroatoms. The Balaban J connectivity index is 1.89. The number of likely N-dealkylation sites (tertiary alicyclic amines) is 1. The first kappa shape index (κ1) is 35.9. The molecular formula is C35H45F3N4O2S. The van der Waals surface area contributed by atoms with Gasteiger partial charge >= 0.3 is 0 Å². The number of likely N-dealkylation sites (N-methyl/N-ethyl adjacent to an activating group) is 1. The summed E-state index contributed by atoms with van der Waals surface area (Å²) < 4.78 is 49.5. The maximum absolute atomic E-state index is 14.8. The molecule has 0 saturated carbocycles. The number of halogens is 3. The Morgan fingerprint density at radius 3 is 2.24 bits per heavy atom. The molecule has 2 unspecified atom stereocenters. The van der Waals surface area contributed by atoms with E-state index in [-0.39, 0.29) is 11.8 Å². The highest BCUT2D eigenvalue weighted by molar-refractivity contribution is 7.11. The molecule has 45 heavy (non-hydrogen) atoms. The van der Waals surface area contributed by atoms with Gasteiger partial charge in [0, 0.05) is 68.5 Å². The van der Waals surface area contributed by atoms with Crippen LogP contribution in [0.1, 0.15) is 53.4 Å². The molecule has 0 bridgehead atoms. The second-order valence-corrected chi connectivity index (χ2v) is 12.6. The molecular weight excluding hydrogens is 597 g/mol. The lowest BCUT2D eigenvalue weighted by Gasteiger charge is -2.37. The van der Waals surface area contributed by atoms with Crippen LogP contribution in [0.2, 0.25) is 0 Å². The number of carbonyl (C=O) groups excluding carboxylic acids is 1. The topological polar surface area (TPSA) is 48.9 Å². The van der Waals surface area contributed by atoms with Crippen LogP contribution in [0.15, 0.2) is 73.3 Å². The van der Waals surface area contributed by atoms with Gasteiger partial charge in [-0.25, -0.2) is 18.2 Å². The van der Waals surface area contributed by atoms with E-state index >= 15 is 0 Å². The predicted octanol–water partition coefficient (Wildman–Crippen LogP) is 7.89. The standard InChI is InChI=1S/C35H45F3N4O2S/c1-10-13-27(11-2)42-20-18-26(19-21-42)35(43)41(8)32(34(37)38)25-14-16-28(17-15-25)40(7)29(12-3)30(33(44-9)22(4)36)31-23(5)45-24(6)39-31/h10,12,14-17,22,26,32-34H,1-3,13,18-21H2,4-9H3/b30-29-/t22?,32-,33?/m0/s1. The van der Waals surface area contributed by atoms with Crippen molar-refractivity contribution < 1.29 is 22.7 Å². The zero-order chi connectivity index (χ0) is 33.4. The van der Waals surface area contributed by atoms with E-state index < -0.39 is 24.7 Å². The number of rotatable bonds is 14. The third-order valence-corrected chi connectivity index (χ3v) is 9.22. The first-order valence-corrected chi connectivity index (χ1v) is 15.8. The molecule has 244 valence electrons. The number of thiazole rings is 1. The van der Waals surface area contributed by atoms with Crippen LogP contribution in [0.25, 0.3) is 5.57 Å². The second kappa shape index (κ2) is 16.1. The smallest absolute Gasteiger partial charge is 0.262 e. The monoisotopic (exact) mass is 642 g/mol. The number of hydrogen-bond donors (Lipinski definition) is 0. The number of carbonyl (C=O) groups is 1. The summed E-state index contributed by atoms with van der Waals surface area (Å²) in [5.41, 5.74) is 6.62. The van der Waals surface area contributed by atoms with Gasteiger partial charge in [-0.15, -0.1) is 23.6 Å². The number of methoxy groups -OCH3 is 1. The average Bonchev–Trinajstić information content (AvgIpc) is 3.36. The molecule has 3 rings (SSSR count). The van der Waals surface area contributed by atoms with Gasteiger partial charge in [0.2, 0.25) is 5.91 Å². The Hall–Kier alpha value is -3.59. The normalized spacial score (nSPS) is 16.4. The van der Waals surface area contributed by atoms with E-state index in [0.717, 1.165) is 15.6 Å². The molecule has 1 aromatic heterocycles. The maximum Gasteiger partial charge on any atom is 0.262 e. The molecule has 1 aliphatic heterocycles. The fourth-order valence-electron chi connectivity index (χ4n) is 5.99. The van der Waals surface area contributed by atoms with E-state index in [1.807, 2.05) is 18.7 Å². The number of alkyl halides is 3. The third-order valence-electron chi connectivity index (χ3n) is 8.34. The van der Waals surface area contributed by atoms with Crippen molar-refractivity contribution in [3.8, 4) is 0 Å². The van der Waals surface area contributed by atoms with Crippen LogP contribution in [0, 0.1) is 19.8 Å². The Labute approximate surface area is 269 Å². The zero-order valence-electron chi connectivity index (χ0n) is 27.2. The number of benzene rings is 1. The average molecular weight is 643 g/mol. The molecule has 2 heterocycles. The van der Waals surface area contributed by atoms with Crippen LogP contribution < -0.4 is 4.90 Å². The lowest BCUT2D eigenvalue weighted by Crippen LogP contribution is -2.43. The number of nitrogens with zero attached hydrogens (tertiary/aromatic N) is 4. The minimum Gasteiger partial charge on any atom is -0.374 e. The lowest BCUT2D eigenvalue weighted by molar-refractivity contribution is -0.141. The highest BCUT2D eigenvalue weighted by Gasteiger charge is 2.35. The fourth-order valence-corrected chi connectivity index (χ4v) is 6.82. The SMILES string of the molecule is C=C=C(CC=C)N1CCC(C(=O)N(C)[C@@H](c2ccc(N(C)/C(C=C)=C(/c3nc(C)sc3C)C(OC)C(C)F)cc2)C(F)F)CC1. The van der Waals surface area contributed by atoms with Crippen LogP contribution in [-0.2, 0) is 9.53 Å². The summed E-state index contributed by atoms with van der Waals surface area (Å²) in [5.74, 6) is -0.647. The van der Waals surface area contributed by atoms with Crippen molar-refractivity contribution in [1.29, 1.82) is 0 Å². The van der Waals surface area contributed by atoms with Crippen molar-refractivity contribution in [1.82, 2.24) is 14.8 Å². The minimum absolute atomic E-state index is 0.296. The summed E-state index contributed by atoms with van der Waals surface area (Å²) >= 11 is 1.51. The van der Waals surface area contributed by atoms with Crippen molar-refractivity contribution in [2.24, 2.45) is 5.92 Å². The maximum atomic E-state index is 14.8. The summed E-state index contributed by atoms with van der Waals surface area (Å²) in [6.07, 6.45) is 0.128. The third kappa shape index (κ3) is 8.17. The number of amides is 1. The van der Waals surface area contributed by atoms with E-state index in [2.05, 4.69) is 35.4 Å². The van der Waals surface area contributed by atoms with E-state index in [0.29, 0.717) is 60.6 Å². The Bertz CT molecular complexity index is 1420. The Morgan fingerprint density at radius 1 is 1.18 bits per heavy atom. The van der Waals surface area contributed by atoms with Crippen LogP contribution in [0.3, 0.4) is 0 Å². The van der Waals surface area contributed by atoms with Gasteiger partial charge in [-0.05, 0) is 57.4 Å². The number of ether oxygens (including phenoxy) is 1. The van der Waals surface area contributed by atoms with Gasteiger partial charge in [-0.2, -0.15) is 0 Å². The summed E-state index contributed by atoms with van der Waals surface area (Å²) in [6.45, 7) is 18.0. The van der Waals surface area contributed by atoms with Crippen molar-refractivity contribution in [2.45, 2.75) is 64.8 Å². The summed E-state index contributed by atoms with van der Waals surface area (Å²) in [4.78, 5) is 24.1. The minimum atomic E-state index is -2.79. The number of anilines is 1. The molecule has 0 N–H and O–H groups in total. The van der Waals surface area contributed by atoms with Gasteiger partial charge in [0.05, 0.1) is 16.4 Å². The van der Waals surface area contributed by atoms with Gasteiger partial charge in [0.25, 0.3) is 6.43 Å². The fraction of sp³-hybridized carbons (Fsp3) is 0.457. The van der Waals surface area contributed by atoms with E-state index in [4.69, 9.17) is 4.74 Å². The summed E-state index contributed by atoms with van der Waals surface area (Å²) in [6, 6.07) is 5.23. The van der Waals surface area contributed by atoms with Crippen molar-refractivity contribution in [3.05, 3.63) is 94.4 Å². The van der Waals surface area contributed by atoms with Crippen molar-refractivity contribution >= 4 is 28.5 Å². The van der Waals surface area contributed by atoms with Crippen LogP contribution >= 0.6 is 11.3 Å². The quantitative estimate of drug-likeness (QED) is 0.119. The summed E-state index contributed by atoms with van der Waals surface area (Å²) in [5, 5.41) is 0.838. The van der Waals surface area contributed by atoms with Gasteiger partial charge in [0.15, 0.2) is 0 Å². The number of aromatic nitrogens is 1. The molecule has 1 aromatic carbocycles. The van der Waals surface area contributed by atoms with Crippen LogP contribution in [0.4, 0.5) is 18.9 Å². The lowest BCUT2D eigenvalue weighted by atomic mass is 9.93. The largest absolute Gasteiger partial charge is 0.374 e. The van der Waals surface area contributed by atoms with Gasteiger partial charge in [-0.3, -0.25) is 4.79 Å². The number of allylic oxidation sites excluding steroid dienone is 2. The number of piperidine rings is 1. The van der Waals surface area contributed by atoms with Gasteiger partial charge in [0.1, 0.15) is 18.3 Å². The molecule has 0 radical (unpaired) electrons. The molecule has 0 aliphatic carbocycles. The molecule has 6 nitrogen and oxygen atoms in total. The second-order valence-electron chi connectivity index (χ2n) is 11.2. The molecule has 1 fully saturated rings. The summed E-state index contributed by atoms with van der Waals surface area (Å²) in [7, 11) is 4.70. The van der Waals surface area contributed by atoms with Gasteiger partial charge in [-0.1, -0.05) is 31.4 Å². The zero-order valence-corrected chi connectivity index (χ0v) is 28.0. The predicted molar refractivity (Wildman–Crippen MR) is 178 cm³/mol. The number of hydrogen-bond acceptors (Lipinski definition) is 6. The van der Waals surface area contributed by atoms with Crippen molar-refractivity contribution in [3.63, 3.8) is 0 Å². The molecule has 3 atom stereocenters. The molecule has 1 amide bonds. The highest BCUT2D eigenvalue weighted by Crippen LogP contribution is 2.36. The Morgan fingerprint density at radius 2 is 1.80 bits per heavy atom. The van der Waals surface area contributed by atoms with Crippen molar-refractivity contribution in [2.75, 3.05) is 39.2 Å². The number of aryl methyl sites for hydroxylation is 2. The Kier molecular flexibility index (Phi) is 12.8. The molecule has 2 aromatic rings.